The molecule has 0 bridgehead atoms. The van der Waals surface area contributed by atoms with Crippen molar-refractivity contribution in [2.45, 2.75) is 39.2 Å². The van der Waals surface area contributed by atoms with Crippen LogP contribution in [0.5, 0.6) is 0 Å². The Hall–Kier alpha value is -2.82. The summed E-state index contributed by atoms with van der Waals surface area (Å²) >= 11 is 0. The third kappa shape index (κ3) is 3.99. The van der Waals surface area contributed by atoms with Crippen molar-refractivity contribution in [2.24, 2.45) is 0 Å². The van der Waals surface area contributed by atoms with Gasteiger partial charge in [0.25, 0.3) is 0 Å². The van der Waals surface area contributed by atoms with E-state index in [0.29, 0.717) is 30.9 Å². The molecular weight excluding hydrogens is 316 g/mol. The highest BCUT2D eigenvalue weighted by molar-refractivity contribution is 5.90. The highest BCUT2D eigenvalue weighted by Crippen LogP contribution is 2.19. The third-order valence-corrected chi connectivity index (χ3v) is 4.20. The number of fused-ring (bicyclic) bond motifs is 1. The molecule has 0 saturated heterocycles. The van der Waals surface area contributed by atoms with E-state index < -0.39 is 0 Å². The van der Waals surface area contributed by atoms with Crippen molar-refractivity contribution in [3.63, 3.8) is 0 Å². The first-order valence-corrected chi connectivity index (χ1v) is 8.53. The predicted molar refractivity (Wildman–Crippen MR) is 98.9 cm³/mol. The van der Waals surface area contributed by atoms with Crippen molar-refractivity contribution in [2.75, 3.05) is 5.32 Å². The Morgan fingerprint density at radius 3 is 2.76 bits per heavy atom. The van der Waals surface area contributed by atoms with Gasteiger partial charge in [-0.15, -0.1) is 0 Å². The van der Waals surface area contributed by atoms with Gasteiger partial charge < -0.3 is 9.73 Å². The number of hydrogen-bond donors (Lipinski definition) is 1. The van der Waals surface area contributed by atoms with E-state index in [1.165, 1.54) is 5.56 Å². The maximum absolute atomic E-state index is 12.1. The summed E-state index contributed by atoms with van der Waals surface area (Å²) < 4.78 is 6.77. The topological polar surface area (TPSA) is 64.2 Å². The molecule has 0 aliphatic heterocycles. The van der Waals surface area contributed by atoms with Gasteiger partial charge in [-0.3, -0.25) is 9.36 Å². The number of carbonyl (C=O) groups is 1. The summed E-state index contributed by atoms with van der Waals surface area (Å²) in [7, 11) is 0. The van der Waals surface area contributed by atoms with Crippen LogP contribution in [0.25, 0.3) is 11.1 Å². The number of oxazole rings is 1. The Bertz CT molecular complexity index is 937. The average Bonchev–Trinajstić information content (AvgIpc) is 2.91. The van der Waals surface area contributed by atoms with Gasteiger partial charge in [0, 0.05) is 18.7 Å². The second-order valence-electron chi connectivity index (χ2n) is 6.42. The first-order chi connectivity index (χ1) is 12.0. The van der Waals surface area contributed by atoms with Gasteiger partial charge in [-0.1, -0.05) is 38.1 Å². The lowest BCUT2D eigenvalue weighted by atomic mass is 10.0. The molecule has 0 spiro atoms. The Kier molecular flexibility index (Phi) is 5.03. The van der Waals surface area contributed by atoms with Crippen molar-refractivity contribution in [3.05, 3.63) is 64.6 Å². The number of benzene rings is 2. The zero-order valence-electron chi connectivity index (χ0n) is 14.5. The molecule has 3 aromatic rings. The molecule has 0 atom stereocenters. The average molecular weight is 338 g/mol. The van der Waals surface area contributed by atoms with Gasteiger partial charge in [0.2, 0.25) is 5.91 Å². The number of nitrogens with zero attached hydrogens (tertiary/aromatic N) is 1. The van der Waals surface area contributed by atoms with E-state index in [1.807, 2.05) is 36.4 Å². The lowest BCUT2D eigenvalue weighted by molar-refractivity contribution is -0.116. The highest BCUT2D eigenvalue weighted by Gasteiger charge is 2.09. The molecule has 0 aliphatic carbocycles. The second-order valence-corrected chi connectivity index (χ2v) is 6.42. The van der Waals surface area contributed by atoms with Crippen LogP contribution in [-0.4, -0.2) is 10.5 Å². The van der Waals surface area contributed by atoms with Gasteiger partial charge in [-0.25, -0.2) is 4.79 Å². The number of nitrogens with one attached hydrogen (secondary N) is 1. The van der Waals surface area contributed by atoms with Gasteiger partial charge >= 0.3 is 5.76 Å². The standard InChI is InChI=1S/C20H22N2O3/c1-14(2)15-7-5-8-16(13-15)21-19(23)11-6-12-22-17-9-3-4-10-18(17)25-20(22)24/h3-5,7-10,13-14H,6,11-12H2,1-2H3,(H,21,23). The quantitative estimate of drug-likeness (QED) is 0.735. The Labute approximate surface area is 146 Å². The molecule has 1 N–H and O–H groups in total. The van der Waals surface area contributed by atoms with Crippen molar-refractivity contribution in [1.82, 2.24) is 4.57 Å². The first kappa shape index (κ1) is 17.0. The summed E-state index contributed by atoms with van der Waals surface area (Å²) in [5.41, 5.74) is 3.33. The molecule has 1 aromatic heterocycles. The molecule has 25 heavy (non-hydrogen) atoms. The van der Waals surface area contributed by atoms with E-state index in [0.717, 1.165) is 11.2 Å². The normalized spacial score (nSPS) is 11.2. The lowest BCUT2D eigenvalue weighted by Crippen LogP contribution is -2.17. The second kappa shape index (κ2) is 7.38. The Balaban J connectivity index is 1.58. The molecular formula is C20H22N2O3. The minimum absolute atomic E-state index is 0.0539. The molecule has 2 aromatic carbocycles. The molecule has 0 radical (unpaired) electrons. The molecule has 5 heteroatoms. The summed E-state index contributed by atoms with van der Waals surface area (Å²) in [6, 6.07) is 15.2. The first-order valence-electron chi connectivity index (χ1n) is 8.53. The van der Waals surface area contributed by atoms with E-state index in [-0.39, 0.29) is 11.7 Å². The van der Waals surface area contributed by atoms with Gasteiger partial charge in [0.05, 0.1) is 5.52 Å². The number of aromatic nitrogens is 1. The molecule has 0 fully saturated rings. The summed E-state index contributed by atoms with van der Waals surface area (Å²) in [6.07, 6.45) is 0.914. The van der Waals surface area contributed by atoms with Crippen LogP contribution in [0.4, 0.5) is 5.69 Å². The van der Waals surface area contributed by atoms with Gasteiger partial charge in [-0.05, 0) is 42.2 Å². The highest BCUT2D eigenvalue weighted by atomic mass is 16.4. The van der Waals surface area contributed by atoms with Crippen LogP contribution in [0.15, 0.2) is 57.7 Å². The maximum Gasteiger partial charge on any atom is 0.419 e. The maximum atomic E-state index is 12.1. The summed E-state index contributed by atoms with van der Waals surface area (Å²) in [6.45, 7) is 4.69. The SMILES string of the molecule is CC(C)c1cccc(NC(=O)CCCn2c(=O)oc3ccccc32)c1. The van der Waals surface area contributed by atoms with Gasteiger partial charge in [0.15, 0.2) is 5.58 Å². The fourth-order valence-electron chi connectivity index (χ4n) is 2.82. The third-order valence-electron chi connectivity index (χ3n) is 4.20. The largest absolute Gasteiger partial charge is 0.419 e. The van der Waals surface area contributed by atoms with E-state index >= 15 is 0 Å². The molecule has 0 aliphatic rings. The monoisotopic (exact) mass is 338 g/mol. The molecule has 0 unspecified atom stereocenters. The van der Waals surface area contributed by atoms with Crippen LogP contribution in [0, 0.1) is 0 Å². The van der Waals surface area contributed by atoms with Crippen LogP contribution in [0.1, 0.15) is 38.2 Å². The van der Waals surface area contributed by atoms with Gasteiger partial charge in [-0.2, -0.15) is 0 Å². The number of rotatable bonds is 6. The fourth-order valence-corrected chi connectivity index (χ4v) is 2.82. The summed E-state index contributed by atoms with van der Waals surface area (Å²) in [5.74, 6) is -0.0221. The number of hydrogen-bond acceptors (Lipinski definition) is 3. The molecule has 1 amide bonds. The minimum Gasteiger partial charge on any atom is -0.408 e. The number of carbonyl (C=O) groups excluding carboxylic acids is 1. The number of amides is 1. The number of aryl methyl sites for hydroxylation is 1. The van der Waals surface area contributed by atoms with E-state index in [2.05, 4.69) is 25.2 Å². The molecule has 3 rings (SSSR count). The Morgan fingerprint density at radius 2 is 1.96 bits per heavy atom. The predicted octanol–water partition coefficient (Wildman–Crippen LogP) is 4.14. The smallest absolute Gasteiger partial charge is 0.408 e. The number of para-hydroxylation sites is 2. The van der Waals surface area contributed by atoms with Crippen molar-refractivity contribution < 1.29 is 9.21 Å². The van der Waals surface area contributed by atoms with Gasteiger partial charge in [0.1, 0.15) is 0 Å². The van der Waals surface area contributed by atoms with Crippen LogP contribution in [-0.2, 0) is 11.3 Å². The van der Waals surface area contributed by atoms with E-state index in [4.69, 9.17) is 4.42 Å². The van der Waals surface area contributed by atoms with Crippen LogP contribution in [0.3, 0.4) is 0 Å². The van der Waals surface area contributed by atoms with Crippen LogP contribution >= 0.6 is 0 Å². The zero-order chi connectivity index (χ0) is 17.8. The minimum atomic E-state index is -0.383. The van der Waals surface area contributed by atoms with Crippen LogP contribution in [0.2, 0.25) is 0 Å². The number of anilines is 1. The van der Waals surface area contributed by atoms with Crippen molar-refractivity contribution in [3.8, 4) is 0 Å². The van der Waals surface area contributed by atoms with E-state index in [9.17, 15) is 9.59 Å². The molecule has 0 saturated carbocycles. The molecule has 130 valence electrons. The fraction of sp³-hybridized carbons (Fsp3) is 0.300. The van der Waals surface area contributed by atoms with Crippen molar-refractivity contribution in [1.29, 1.82) is 0 Å². The van der Waals surface area contributed by atoms with Crippen LogP contribution < -0.4 is 11.1 Å². The lowest BCUT2D eigenvalue weighted by Gasteiger charge is -2.09. The summed E-state index contributed by atoms with van der Waals surface area (Å²) in [5, 5.41) is 2.92. The van der Waals surface area contributed by atoms with Crippen molar-refractivity contribution >= 4 is 22.7 Å². The zero-order valence-corrected chi connectivity index (χ0v) is 14.5. The molecule has 5 nitrogen and oxygen atoms in total. The summed E-state index contributed by atoms with van der Waals surface area (Å²) in [4.78, 5) is 24.1. The Morgan fingerprint density at radius 1 is 1.16 bits per heavy atom. The van der Waals surface area contributed by atoms with E-state index in [1.54, 1.807) is 10.6 Å². The molecule has 1 heterocycles.